The van der Waals surface area contributed by atoms with Crippen LogP contribution in [0.2, 0.25) is 10.3 Å². The number of pyridine rings is 2. The van der Waals surface area contributed by atoms with E-state index in [-0.39, 0.29) is 28.9 Å². The zero-order valence-corrected chi connectivity index (χ0v) is 25.5. The Bertz CT molecular complexity index is 2040. The molecule has 0 saturated carbocycles. The number of hydrogen-bond donors (Lipinski definition) is 3. The van der Waals surface area contributed by atoms with E-state index in [4.69, 9.17) is 38.4 Å². The van der Waals surface area contributed by atoms with Gasteiger partial charge in [-0.1, -0.05) is 35.3 Å². The Labute approximate surface area is 274 Å². The van der Waals surface area contributed by atoms with Crippen LogP contribution in [0, 0.1) is 11.6 Å². The number of benzene rings is 2. The van der Waals surface area contributed by atoms with Crippen LogP contribution in [0.4, 0.5) is 8.78 Å². The number of fused-ring (bicyclic) bond motifs is 10. The fourth-order valence-electron chi connectivity index (χ4n) is 5.39. The van der Waals surface area contributed by atoms with Crippen molar-refractivity contribution in [2.45, 2.75) is 12.5 Å². The van der Waals surface area contributed by atoms with Crippen molar-refractivity contribution in [3.8, 4) is 34.3 Å². The molecule has 0 spiro atoms. The molecule has 0 bridgehead atoms. The second-order valence-corrected chi connectivity index (χ2v) is 10.6. The summed E-state index contributed by atoms with van der Waals surface area (Å²) in [4.78, 5) is 31.7. The first-order chi connectivity index (χ1) is 21.1. The molecule has 2 unspecified atom stereocenters. The van der Waals surface area contributed by atoms with E-state index in [1.54, 1.807) is 48.5 Å². The number of primary amides is 1. The molecule has 0 radical (unpaired) electrons. The minimum Gasteiger partial charge on any atom is -0.477 e. The molecule has 16 heteroatoms. The molecule has 2 atom stereocenters. The lowest BCUT2D eigenvalue weighted by atomic mass is 10.2. The van der Waals surface area contributed by atoms with Crippen LogP contribution >= 0.6 is 35.6 Å². The number of carboxylic acid groups (broad SMARTS) is 1. The van der Waals surface area contributed by atoms with Gasteiger partial charge in [0.05, 0.1) is 22.4 Å². The number of carbonyl (C=O) groups excluding carboxylic acids is 1. The topological polar surface area (TPSA) is 169 Å². The van der Waals surface area contributed by atoms with Gasteiger partial charge in [0.1, 0.15) is 33.3 Å². The molecular formula is C30H21Cl3F2N6O5. The first-order valence-corrected chi connectivity index (χ1v) is 13.7. The number of nitrogens with zero attached hydrogens (tertiary/aromatic N) is 4. The highest BCUT2D eigenvalue weighted by Gasteiger charge is 2.35. The average Bonchev–Trinajstić information content (AvgIpc) is 3.58. The van der Waals surface area contributed by atoms with Gasteiger partial charge < -0.3 is 26.5 Å². The van der Waals surface area contributed by atoms with Gasteiger partial charge in [-0.3, -0.25) is 13.9 Å². The maximum atomic E-state index is 14.0. The molecule has 6 N–H and O–H groups in total. The molecule has 0 saturated heterocycles. The number of ether oxygens (including phenoxy) is 2. The van der Waals surface area contributed by atoms with Crippen molar-refractivity contribution in [1.29, 1.82) is 0 Å². The minimum absolute atomic E-state index is 0. The highest BCUT2D eigenvalue weighted by atomic mass is 35.5. The zero-order chi connectivity index (χ0) is 30.9. The number of aliphatic carboxylic acids is 1. The van der Waals surface area contributed by atoms with Crippen molar-refractivity contribution in [2.24, 2.45) is 5.73 Å². The first-order valence-electron chi connectivity index (χ1n) is 12.9. The number of carbonyl (C=O) groups is 2. The Morgan fingerprint density at radius 1 is 0.761 bits per heavy atom. The fourth-order valence-corrected chi connectivity index (χ4v) is 5.69. The van der Waals surface area contributed by atoms with Gasteiger partial charge in [0.2, 0.25) is 0 Å². The number of halogens is 5. The van der Waals surface area contributed by atoms with E-state index >= 15 is 0 Å². The normalized spacial score (nSPS) is 15.3. The van der Waals surface area contributed by atoms with E-state index in [0.29, 0.717) is 56.1 Å². The summed E-state index contributed by atoms with van der Waals surface area (Å²) in [5.74, 6) is -2.01. The van der Waals surface area contributed by atoms with Crippen molar-refractivity contribution in [2.75, 3.05) is 0 Å². The van der Waals surface area contributed by atoms with Gasteiger partial charge >= 0.3 is 5.97 Å². The van der Waals surface area contributed by atoms with Gasteiger partial charge in [0.25, 0.3) is 18.4 Å². The molecule has 0 fully saturated rings. The quantitative estimate of drug-likeness (QED) is 0.164. The third-order valence-electron chi connectivity index (χ3n) is 7.19. The van der Waals surface area contributed by atoms with E-state index in [1.807, 2.05) is 0 Å². The maximum Gasteiger partial charge on any atom is 0.367 e. The average molecular weight is 690 g/mol. The van der Waals surface area contributed by atoms with E-state index < -0.39 is 36.0 Å². The lowest BCUT2D eigenvalue weighted by molar-refractivity contribution is -0.149. The summed E-state index contributed by atoms with van der Waals surface area (Å²) < 4.78 is 42.1. The summed E-state index contributed by atoms with van der Waals surface area (Å²) in [5.41, 5.74) is 8.19. The highest BCUT2D eigenvalue weighted by Crippen LogP contribution is 2.43. The second-order valence-electron chi connectivity index (χ2n) is 9.79. The largest absolute Gasteiger partial charge is 0.477 e. The molecule has 46 heavy (non-hydrogen) atoms. The molecule has 1 amide bonds. The summed E-state index contributed by atoms with van der Waals surface area (Å²) in [6, 6.07) is 18.5. The Kier molecular flexibility index (Phi) is 8.53. The number of nitrogens with two attached hydrogens (primary N) is 1. The monoisotopic (exact) mass is 688 g/mol. The summed E-state index contributed by atoms with van der Waals surface area (Å²) in [5, 5.41) is 10.6. The molecule has 0 aliphatic carbocycles. The maximum absolute atomic E-state index is 14.0. The summed E-state index contributed by atoms with van der Waals surface area (Å²) in [6.45, 7) is 0. The van der Waals surface area contributed by atoms with Gasteiger partial charge in [-0.05, 0) is 60.7 Å². The predicted octanol–water partition coefficient (Wildman–Crippen LogP) is 6.93. The molecular weight excluding hydrogens is 669 g/mol. The van der Waals surface area contributed by atoms with Crippen LogP contribution in [0.15, 0.2) is 72.8 Å². The standard InChI is InChI=1S/C15H9ClFN3O2.C15H8ClFN2O3.ClH.H3N/c16-12-5-4-11-13(19-12)10-6-7-8(17)2-1-3-9(7)20(10)15(22-11)14(18)21;16-12-5-4-11-13(18-12)10-6-7-8(17)2-1-3-9(7)19(10)14(22-11)15(20)21;;/h1-6,15H,(H2,18,21);1-6,14H,(H,20,21);1H;1H3. The van der Waals surface area contributed by atoms with Gasteiger partial charge in [0.15, 0.2) is 11.5 Å². The lowest BCUT2D eigenvalue weighted by Crippen LogP contribution is -2.33. The summed E-state index contributed by atoms with van der Waals surface area (Å²) in [7, 11) is 0. The summed E-state index contributed by atoms with van der Waals surface area (Å²) >= 11 is 11.8. The van der Waals surface area contributed by atoms with Gasteiger partial charge in [-0.15, -0.1) is 12.4 Å². The van der Waals surface area contributed by atoms with Crippen molar-refractivity contribution < 1.29 is 33.0 Å². The fraction of sp³-hybridized carbons (Fsp3) is 0.0667. The third kappa shape index (κ3) is 5.12. The van der Waals surface area contributed by atoms with Crippen LogP contribution in [0.25, 0.3) is 44.6 Å². The minimum atomic E-state index is -1.29. The van der Waals surface area contributed by atoms with Crippen molar-refractivity contribution in [3.63, 3.8) is 0 Å². The molecule has 236 valence electrons. The lowest BCUT2D eigenvalue weighted by Gasteiger charge is -2.27. The Balaban J connectivity index is 0.000000174. The second kappa shape index (κ2) is 12.1. The SMILES string of the molecule is Cl.N.NC(=O)C1Oc2ccc(Cl)nc2-c2cc3c(F)cccc3n21.O=C(O)C1Oc2ccc(Cl)nc2-c2cc3c(F)cccc3n21. The van der Waals surface area contributed by atoms with Gasteiger partial charge in [0, 0.05) is 10.8 Å². The van der Waals surface area contributed by atoms with E-state index in [9.17, 15) is 23.5 Å². The van der Waals surface area contributed by atoms with Gasteiger partial charge in [-0.2, -0.15) is 0 Å². The number of rotatable bonds is 2. The van der Waals surface area contributed by atoms with Crippen LogP contribution in [0.5, 0.6) is 11.5 Å². The van der Waals surface area contributed by atoms with Gasteiger partial charge in [-0.25, -0.2) is 23.5 Å². The number of amides is 1. The van der Waals surface area contributed by atoms with Crippen molar-refractivity contribution >= 4 is 69.3 Å². The molecule has 11 nitrogen and oxygen atoms in total. The molecule has 2 aliphatic rings. The molecule has 6 aromatic rings. The Morgan fingerprint density at radius 2 is 1.20 bits per heavy atom. The Hall–Kier alpha value is -4.95. The number of aromatic nitrogens is 4. The van der Waals surface area contributed by atoms with E-state index in [0.717, 1.165) is 0 Å². The van der Waals surface area contributed by atoms with Crippen LogP contribution in [0.3, 0.4) is 0 Å². The predicted molar refractivity (Wildman–Crippen MR) is 169 cm³/mol. The van der Waals surface area contributed by atoms with Crippen LogP contribution in [0.1, 0.15) is 12.5 Å². The van der Waals surface area contributed by atoms with Crippen LogP contribution in [-0.2, 0) is 9.59 Å². The molecule has 6 heterocycles. The smallest absolute Gasteiger partial charge is 0.367 e. The molecule has 2 aliphatic heterocycles. The van der Waals surface area contributed by atoms with Crippen molar-refractivity contribution in [1.82, 2.24) is 25.3 Å². The van der Waals surface area contributed by atoms with E-state index in [2.05, 4.69) is 9.97 Å². The summed E-state index contributed by atoms with van der Waals surface area (Å²) in [6.07, 6.45) is -2.35. The number of carboxylic acids is 1. The van der Waals surface area contributed by atoms with E-state index in [1.165, 1.54) is 33.4 Å². The zero-order valence-electron chi connectivity index (χ0n) is 23.2. The molecule has 2 aromatic carbocycles. The number of hydrogen-bond acceptors (Lipinski definition) is 7. The van der Waals surface area contributed by atoms with Crippen molar-refractivity contribution in [3.05, 3.63) is 94.7 Å². The third-order valence-corrected chi connectivity index (χ3v) is 7.62. The molecule has 4 aromatic heterocycles. The first kappa shape index (κ1) is 32.4. The Morgan fingerprint density at radius 3 is 1.63 bits per heavy atom. The van der Waals surface area contributed by atoms with Crippen LogP contribution < -0.4 is 21.4 Å². The van der Waals surface area contributed by atoms with Crippen LogP contribution in [-0.4, -0.2) is 36.1 Å². The molecule has 8 rings (SSSR count). The highest BCUT2D eigenvalue weighted by molar-refractivity contribution is 6.29.